The van der Waals surface area contributed by atoms with Gasteiger partial charge in [-0.3, -0.25) is 4.98 Å². The van der Waals surface area contributed by atoms with E-state index < -0.39 is 0 Å². The summed E-state index contributed by atoms with van der Waals surface area (Å²) < 4.78 is 0. The normalized spacial score (nSPS) is 15.9. The summed E-state index contributed by atoms with van der Waals surface area (Å²) in [4.78, 5) is 13.6. The first-order valence-electron chi connectivity index (χ1n) is 8.49. The highest BCUT2D eigenvalue weighted by molar-refractivity contribution is 6.31. The molecule has 3 heterocycles. The van der Waals surface area contributed by atoms with E-state index in [-0.39, 0.29) is 17.8 Å². The van der Waals surface area contributed by atoms with Crippen LogP contribution < -0.4 is 5.32 Å². The molecule has 3 aromatic rings. The molecule has 0 spiro atoms. The first-order chi connectivity index (χ1) is 12.3. The summed E-state index contributed by atoms with van der Waals surface area (Å²) in [6.07, 6.45) is 7.31. The van der Waals surface area contributed by atoms with Crippen LogP contribution in [0.15, 0.2) is 61.1 Å². The Kier molecular flexibility index (Phi) is 5.87. The van der Waals surface area contributed by atoms with Crippen molar-refractivity contribution in [1.29, 1.82) is 0 Å². The zero-order valence-electron chi connectivity index (χ0n) is 14.2. The van der Waals surface area contributed by atoms with Crippen molar-refractivity contribution >= 4 is 24.0 Å². The lowest BCUT2D eigenvalue weighted by Crippen LogP contribution is -2.41. The maximum atomic E-state index is 6.58. The van der Waals surface area contributed by atoms with Gasteiger partial charge in [-0.1, -0.05) is 29.8 Å². The summed E-state index contributed by atoms with van der Waals surface area (Å²) in [5, 5.41) is 4.25. The minimum absolute atomic E-state index is 0. The molecule has 0 atom stereocenters. The van der Waals surface area contributed by atoms with Gasteiger partial charge < -0.3 is 5.32 Å². The third kappa shape index (κ3) is 3.45. The van der Waals surface area contributed by atoms with Crippen LogP contribution in [0.5, 0.6) is 0 Å². The molecule has 0 bridgehead atoms. The van der Waals surface area contributed by atoms with Crippen molar-refractivity contribution in [2.75, 3.05) is 13.1 Å². The molecular formula is C20H20Cl2N4. The van der Waals surface area contributed by atoms with Crippen molar-refractivity contribution < 1.29 is 0 Å². The van der Waals surface area contributed by atoms with E-state index in [9.17, 15) is 0 Å². The van der Waals surface area contributed by atoms with E-state index in [2.05, 4.69) is 21.4 Å². The van der Waals surface area contributed by atoms with Crippen LogP contribution in [0.4, 0.5) is 0 Å². The van der Waals surface area contributed by atoms with Gasteiger partial charge in [-0.2, -0.15) is 0 Å². The van der Waals surface area contributed by atoms with Crippen LogP contribution in [0.2, 0.25) is 5.02 Å². The topological polar surface area (TPSA) is 50.7 Å². The highest BCUT2D eigenvalue weighted by Gasteiger charge is 2.38. The first kappa shape index (κ1) is 18.8. The summed E-state index contributed by atoms with van der Waals surface area (Å²) >= 11 is 6.58. The van der Waals surface area contributed by atoms with Crippen molar-refractivity contribution in [2.24, 2.45) is 0 Å². The van der Waals surface area contributed by atoms with Crippen LogP contribution in [-0.2, 0) is 5.41 Å². The van der Waals surface area contributed by atoms with Crippen molar-refractivity contribution in [2.45, 2.75) is 18.3 Å². The molecule has 4 nitrogen and oxygen atoms in total. The van der Waals surface area contributed by atoms with Gasteiger partial charge in [0, 0.05) is 34.6 Å². The summed E-state index contributed by atoms with van der Waals surface area (Å²) in [5.74, 6) is 0.704. The standard InChI is InChI=1S/C20H19ClN4.ClH/c21-17-6-2-1-5-16(17)20(8-12-22-13-9-20)18-7-11-24-19(25-18)15-4-3-10-23-14-15;/h1-7,10-11,14,22H,8-9,12-13H2;1H. The maximum absolute atomic E-state index is 6.58. The lowest BCUT2D eigenvalue weighted by Gasteiger charge is -2.38. The number of nitrogens with zero attached hydrogens (tertiary/aromatic N) is 3. The van der Waals surface area contributed by atoms with E-state index in [0.717, 1.165) is 47.8 Å². The Morgan fingerprint density at radius 1 is 0.962 bits per heavy atom. The fourth-order valence-electron chi connectivity index (χ4n) is 3.63. The predicted molar refractivity (Wildman–Crippen MR) is 107 cm³/mol. The lowest BCUT2D eigenvalue weighted by molar-refractivity contribution is 0.354. The summed E-state index contributed by atoms with van der Waals surface area (Å²) in [6.45, 7) is 1.88. The minimum atomic E-state index is -0.191. The molecule has 1 saturated heterocycles. The second-order valence-corrected chi connectivity index (χ2v) is 6.73. The molecule has 0 amide bonds. The van der Waals surface area contributed by atoms with E-state index in [0.29, 0.717) is 5.82 Å². The summed E-state index contributed by atoms with van der Waals surface area (Å²) in [5.41, 5.74) is 2.90. The second kappa shape index (κ2) is 8.12. The van der Waals surface area contributed by atoms with E-state index in [1.807, 2.05) is 42.6 Å². The zero-order valence-corrected chi connectivity index (χ0v) is 15.8. The monoisotopic (exact) mass is 386 g/mol. The Labute approximate surface area is 164 Å². The number of hydrogen-bond acceptors (Lipinski definition) is 4. The molecule has 0 aliphatic carbocycles. The number of nitrogens with one attached hydrogen (secondary N) is 1. The number of halogens is 2. The van der Waals surface area contributed by atoms with Gasteiger partial charge in [0.15, 0.2) is 5.82 Å². The third-order valence-electron chi connectivity index (χ3n) is 4.91. The van der Waals surface area contributed by atoms with Crippen LogP contribution in [0.25, 0.3) is 11.4 Å². The van der Waals surface area contributed by atoms with Crippen LogP contribution >= 0.6 is 24.0 Å². The molecule has 0 unspecified atom stereocenters. The molecule has 0 saturated carbocycles. The quantitative estimate of drug-likeness (QED) is 0.729. The van der Waals surface area contributed by atoms with Crippen LogP contribution in [0.1, 0.15) is 24.1 Å². The number of aromatic nitrogens is 3. The lowest BCUT2D eigenvalue weighted by atomic mass is 9.70. The van der Waals surface area contributed by atoms with Gasteiger partial charge in [-0.15, -0.1) is 12.4 Å². The third-order valence-corrected chi connectivity index (χ3v) is 5.24. The Morgan fingerprint density at radius 2 is 1.77 bits per heavy atom. The molecule has 0 radical (unpaired) electrons. The van der Waals surface area contributed by atoms with Crippen molar-refractivity contribution in [3.63, 3.8) is 0 Å². The Hall–Kier alpha value is -2.01. The fourth-order valence-corrected chi connectivity index (χ4v) is 3.94. The molecular weight excluding hydrogens is 367 g/mol. The average molecular weight is 387 g/mol. The molecule has 1 N–H and O–H groups in total. The smallest absolute Gasteiger partial charge is 0.160 e. The van der Waals surface area contributed by atoms with E-state index in [4.69, 9.17) is 16.6 Å². The van der Waals surface area contributed by atoms with Gasteiger partial charge in [0.1, 0.15) is 0 Å². The highest BCUT2D eigenvalue weighted by atomic mass is 35.5. The summed E-state index contributed by atoms with van der Waals surface area (Å²) in [6, 6.07) is 14.0. The molecule has 1 aromatic carbocycles. The number of hydrogen-bond donors (Lipinski definition) is 1. The fraction of sp³-hybridized carbons (Fsp3) is 0.250. The van der Waals surface area contributed by atoms with Gasteiger partial charge in [0.25, 0.3) is 0 Å². The van der Waals surface area contributed by atoms with E-state index in [1.165, 1.54) is 0 Å². The van der Waals surface area contributed by atoms with Gasteiger partial charge in [0.2, 0.25) is 0 Å². The minimum Gasteiger partial charge on any atom is -0.317 e. The second-order valence-electron chi connectivity index (χ2n) is 6.32. The first-order valence-corrected chi connectivity index (χ1v) is 8.87. The number of piperidine rings is 1. The Bertz CT molecular complexity index is 864. The van der Waals surface area contributed by atoms with Crippen LogP contribution in [0.3, 0.4) is 0 Å². The molecule has 134 valence electrons. The van der Waals surface area contributed by atoms with E-state index >= 15 is 0 Å². The van der Waals surface area contributed by atoms with Crippen molar-refractivity contribution in [3.8, 4) is 11.4 Å². The van der Waals surface area contributed by atoms with Gasteiger partial charge in [-0.05, 0) is 55.8 Å². The van der Waals surface area contributed by atoms with Crippen molar-refractivity contribution in [3.05, 3.63) is 77.3 Å². The zero-order chi connectivity index (χ0) is 17.1. The molecule has 4 rings (SSSR count). The van der Waals surface area contributed by atoms with Crippen molar-refractivity contribution in [1.82, 2.24) is 20.3 Å². The largest absolute Gasteiger partial charge is 0.317 e. The van der Waals surface area contributed by atoms with Gasteiger partial charge in [0.05, 0.1) is 5.69 Å². The molecule has 1 aliphatic heterocycles. The number of rotatable bonds is 3. The molecule has 6 heteroatoms. The maximum Gasteiger partial charge on any atom is 0.160 e. The molecule has 1 fully saturated rings. The van der Waals surface area contributed by atoms with Crippen LogP contribution in [0, 0.1) is 0 Å². The molecule has 26 heavy (non-hydrogen) atoms. The average Bonchev–Trinajstić information content (AvgIpc) is 2.70. The Morgan fingerprint density at radius 3 is 2.50 bits per heavy atom. The number of pyridine rings is 1. The van der Waals surface area contributed by atoms with Gasteiger partial charge >= 0.3 is 0 Å². The molecule has 1 aliphatic rings. The highest BCUT2D eigenvalue weighted by Crippen LogP contribution is 2.42. The van der Waals surface area contributed by atoms with E-state index in [1.54, 1.807) is 12.4 Å². The Balaban J connectivity index is 0.00000196. The predicted octanol–water partition coefficient (Wildman–Crippen LogP) is 4.28. The number of benzene rings is 1. The molecule has 2 aromatic heterocycles. The van der Waals surface area contributed by atoms with Crippen LogP contribution in [-0.4, -0.2) is 28.0 Å². The SMILES string of the molecule is Cl.Clc1ccccc1C1(c2ccnc(-c3cccnc3)n2)CCNCC1. The van der Waals surface area contributed by atoms with Gasteiger partial charge in [-0.25, -0.2) is 9.97 Å². The summed E-state index contributed by atoms with van der Waals surface area (Å²) in [7, 11) is 0.